The highest BCUT2D eigenvalue weighted by Gasteiger charge is 2.25. The van der Waals surface area contributed by atoms with Crippen molar-refractivity contribution in [3.63, 3.8) is 0 Å². The molecule has 1 aromatic rings. The van der Waals surface area contributed by atoms with Gasteiger partial charge in [-0.25, -0.2) is 4.39 Å². The van der Waals surface area contributed by atoms with Crippen molar-refractivity contribution < 1.29 is 9.50 Å². The first kappa shape index (κ1) is 11.7. The maximum absolute atomic E-state index is 13.7. The van der Waals surface area contributed by atoms with Gasteiger partial charge in [0.25, 0.3) is 0 Å². The number of hydrogen-bond donors (Lipinski definition) is 1. The molecule has 0 radical (unpaired) electrons. The molecule has 0 amide bonds. The number of benzene rings is 1. The molecule has 1 saturated heterocycles. The Morgan fingerprint density at radius 3 is 2.88 bits per heavy atom. The lowest BCUT2D eigenvalue weighted by Gasteiger charge is -2.35. The number of aliphatic hydroxyl groups is 1. The minimum atomic E-state index is -0.385. The Hall–Kier alpha value is -0.800. The van der Waals surface area contributed by atoms with Crippen LogP contribution >= 0.6 is 11.6 Å². The van der Waals surface area contributed by atoms with Crippen LogP contribution in [0.3, 0.4) is 0 Å². The molecule has 2 nitrogen and oxygen atoms in total. The van der Waals surface area contributed by atoms with E-state index in [0.29, 0.717) is 17.3 Å². The second kappa shape index (κ2) is 4.60. The monoisotopic (exact) mass is 243 g/mol. The highest BCUT2D eigenvalue weighted by molar-refractivity contribution is 6.30. The van der Waals surface area contributed by atoms with Gasteiger partial charge in [-0.2, -0.15) is 0 Å². The van der Waals surface area contributed by atoms with Crippen LogP contribution < -0.4 is 4.90 Å². The molecule has 0 spiro atoms. The van der Waals surface area contributed by atoms with E-state index < -0.39 is 0 Å². The molecule has 0 saturated carbocycles. The van der Waals surface area contributed by atoms with Crippen molar-refractivity contribution >= 4 is 17.3 Å². The third-order valence-corrected chi connectivity index (χ3v) is 3.40. The number of β-amino-alcohol motifs (C(OH)–C–C–N with tert-alkyl or cyclic N) is 1. The van der Waals surface area contributed by atoms with Gasteiger partial charge >= 0.3 is 0 Å². The quantitative estimate of drug-likeness (QED) is 0.820. The van der Waals surface area contributed by atoms with Crippen molar-refractivity contribution in [2.24, 2.45) is 5.92 Å². The fourth-order valence-electron chi connectivity index (χ4n) is 2.01. The number of halogens is 2. The lowest BCUT2D eigenvalue weighted by atomic mass is 9.95. The summed E-state index contributed by atoms with van der Waals surface area (Å²) in [6, 6.07) is 4.64. The molecule has 16 heavy (non-hydrogen) atoms. The fraction of sp³-hybridized carbons (Fsp3) is 0.500. The lowest BCUT2D eigenvalue weighted by Crippen LogP contribution is -2.43. The predicted molar refractivity (Wildman–Crippen MR) is 63.4 cm³/mol. The van der Waals surface area contributed by atoms with Crippen molar-refractivity contribution in [3.05, 3.63) is 29.0 Å². The van der Waals surface area contributed by atoms with Gasteiger partial charge in [0, 0.05) is 18.1 Å². The Labute approximate surface area is 99.6 Å². The van der Waals surface area contributed by atoms with Gasteiger partial charge in [-0.15, -0.1) is 0 Å². The van der Waals surface area contributed by atoms with Gasteiger partial charge in [-0.05, 0) is 30.5 Å². The smallest absolute Gasteiger partial charge is 0.147 e. The molecule has 0 aromatic heterocycles. The van der Waals surface area contributed by atoms with E-state index in [4.69, 9.17) is 11.6 Å². The van der Waals surface area contributed by atoms with Gasteiger partial charge in [0.15, 0.2) is 0 Å². The molecule has 0 bridgehead atoms. The molecule has 2 atom stereocenters. The second-order valence-corrected chi connectivity index (χ2v) is 4.81. The van der Waals surface area contributed by atoms with Gasteiger partial charge < -0.3 is 10.0 Å². The summed E-state index contributed by atoms with van der Waals surface area (Å²) in [5.74, 6) is -0.0409. The third-order valence-electron chi connectivity index (χ3n) is 3.17. The average molecular weight is 244 g/mol. The SMILES string of the molecule is CC1CCN(c2ccc(Cl)cc2F)CC1O. The Morgan fingerprint density at radius 1 is 1.50 bits per heavy atom. The molecular weight excluding hydrogens is 229 g/mol. The van der Waals surface area contributed by atoms with Crippen molar-refractivity contribution in [1.29, 1.82) is 0 Å². The normalized spacial score (nSPS) is 25.9. The summed E-state index contributed by atoms with van der Waals surface area (Å²) in [4.78, 5) is 1.87. The van der Waals surface area contributed by atoms with E-state index in [2.05, 4.69) is 0 Å². The molecule has 1 aliphatic heterocycles. The topological polar surface area (TPSA) is 23.5 Å². The molecule has 4 heteroatoms. The van der Waals surface area contributed by atoms with E-state index >= 15 is 0 Å². The van der Waals surface area contributed by atoms with Crippen LogP contribution in [0.5, 0.6) is 0 Å². The van der Waals surface area contributed by atoms with Crippen LogP contribution in [0, 0.1) is 11.7 Å². The molecule has 1 N–H and O–H groups in total. The molecule has 88 valence electrons. The Kier molecular flexibility index (Phi) is 3.36. The Morgan fingerprint density at radius 2 is 2.25 bits per heavy atom. The number of nitrogens with zero attached hydrogens (tertiary/aromatic N) is 1. The number of piperidine rings is 1. The standard InChI is InChI=1S/C12H15ClFNO/c1-8-4-5-15(7-12(8)16)11-3-2-9(13)6-10(11)14/h2-3,6,8,12,16H,4-5,7H2,1H3. The number of anilines is 1. The molecular formula is C12H15ClFNO. The van der Waals surface area contributed by atoms with Gasteiger partial charge in [0.1, 0.15) is 5.82 Å². The highest BCUT2D eigenvalue weighted by Crippen LogP contribution is 2.27. The van der Waals surface area contributed by atoms with Crippen LogP contribution in [0.4, 0.5) is 10.1 Å². The van der Waals surface area contributed by atoms with Crippen molar-refractivity contribution in [1.82, 2.24) is 0 Å². The first-order valence-corrected chi connectivity index (χ1v) is 5.84. The van der Waals surface area contributed by atoms with Gasteiger partial charge in [0.2, 0.25) is 0 Å². The number of rotatable bonds is 1. The largest absolute Gasteiger partial charge is 0.391 e. The zero-order valence-corrected chi connectivity index (χ0v) is 9.91. The summed E-state index contributed by atoms with van der Waals surface area (Å²) in [7, 11) is 0. The minimum absolute atomic E-state index is 0.284. The Bertz CT molecular complexity index is 385. The molecule has 0 aliphatic carbocycles. The summed E-state index contributed by atoms with van der Waals surface area (Å²) in [5, 5.41) is 10.2. The van der Waals surface area contributed by atoms with Crippen LogP contribution in [0.1, 0.15) is 13.3 Å². The van der Waals surface area contributed by atoms with Gasteiger partial charge in [0.05, 0.1) is 11.8 Å². The van der Waals surface area contributed by atoms with Crippen molar-refractivity contribution in [3.8, 4) is 0 Å². The zero-order valence-electron chi connectivity index (χ0n) is 9.16. The summed E-state index contributed by atoms with van der Waals surface area (Å²) < 4.78 is 13.7. The molecule has 1 aromatic carbocycles. The summed E-state index contributed by atoms with van der Waals surface area (Å²) in [5.41, 5.74) is 0.523. The Balaban J connectivity index is 2.18. The van der Waals surface area contributed by atoms with E-state index in [-0.39, 0.29) is 17.8 Å². The van der Waals surface area contributed by atoms with E-state index in [1.165, 1.54) is 6.07 Å². The molecule has 1 fully saturated rings. The maximum atomic E-state index is 13.7. The molecule has 1 aliphatic rings. The first-order chi connectivity index (χ1) is 7.58. The van der Waals surface area contributed by atoms with Crippen LogP contribution in [-0.4, -0.2) is 24.3 Å². The average Bonchev–Trinajstić information content (AvgIpc) is 2.22. The molecule has 2 unspecified atom stereocenters. The highest BCUT2D eigenvalue weighted by atomic mass is 35.5. The van der Waals surface area contributed by atoms with Crippen LogP contribution in [0.2, 0.25) is 5.02 Å². The van der Waals surface area contributed by atoms with Crippen LogP contribution in [0.25, 0.3) is 0 Å². The molecule has 1 heterocycles. The van der Waals surface area contributed by atoms with Crippen LogP contribution in [-0.2, 0) is 0 Å². The minimum Gasteiger partial charge on any atom is -0.391 e. The zero-order chi connectivity index (χ0) is 11.7. The van der Waals surface area contributed by atoms with Gasteiger partial charge in [-0.1, -0.05) is 18.5 Å². The fourth-order valence-corrected chi connectivity index (χ4v) is 2.16. The van der Waals surface area contributed by atoms with E-state index in [9.17, 15) is 9.50 Å². The van der Waals surface area contributed by atoms with E-state index in [1.54, 1.807) is 12.1 Å². The van der Waals surface area contributed by atoms with Crippen LogP contribution in [0.15, 0.2) is 18.2 Å². The van der Waals surface area contributed by atoms with E-state index in [1.807, 2.05) is 11.8 Å². The van der Waals surface area contributed by atoms with Crippen molar-refractivity contribution in [2.75, 3.05) is 18.0 Å². The van der Waals surface area contributed by atoms with E-state index in [0.717, 1.165) is 13.0 Å². The van der Waals surface area contributed by atoms with Gasteiger partial charge in [-0.3, -0.25) is 0 Å². The number of aliphatic hydroxyl groups excluding tert-OH is 1. The lowest BCUT2D eigenvalue weighted by molar-refractivity contribution is 0.102. The summed E-state index contributed by atoms with van der Waals surface area (Å²) in [6.45, 7) is 3.27. The van der Waals surface area contributed by atoms with Crippen molar-refractivity contribution in [2.45, 2.75) is 19.4 Å². The third kappa shape index (κ3) is 2.30. The predicted octanol–water partition coefficient (Wildman–Crippen LogP) is 2.69. The summed E-state index contributed by atoms with van der Waals surface area (Å²) in [6.07, 6.45) is 0.493. The second-order valence-electron chi connectivity index (χ2n) is 4.38. The molecule has 2 rings (SSSR count). The number of hydrogen-bond acceptors (Lipinski definition) is 2. The summed E-state index contributed by atoms with van der Waals surface area (Å²) >= 11 is 5.70. The first-order valence-electron chi connectivity index (χ1n) is 5.46. The maximum Gasteiger partial charge on any atom is 0.147 e.